The molecule has 2 aromatic rings. The molecule has 2 aromatic heterocycles. The summed E-state index contributed by atoms with van der Waals surface area (Å²) >= 11 is 0. The van der Waals surface area contributed by atoms with Crippen molar-refractivity contribution in [2.75, 3.05) is 11.9 Å². The molecular formula is C16H26N6O. The largest absolute Gasteiger partial charge is 0.338 e. The smallest absolute Gasteiger partial charge is 0.320 e. The molecule has 0 fully saturated rings. The van der Waals surface area contributed by atoms with E-state index < -0.39 is 0 Å². The van der Waals surface area contributed by atoms with Crippen LogP contribution in [0, 0.1) is 12.8 Å². The summed E-state index contributed by atoms with van der Waals surface area (Å²) in [6.45, 7) is 9.78. The summed E-state index contributed by atoms with van der Waals surface area (Å²) in [7, 11) is 0. The van der Waals surface area contributed by atoms with Gasteiger partial charge in [0, 0.05) is 31.5 Å². The number of rotatable bonds is 7. The van der Waals surface area contributed by atoms with Gasteiger partial charge in [-0.05, 0) is 26.2 Å². The van der Waals surface area contributed by atoms with Crippen LogP contribution in [0.25, 0.3) is 0 Å². The molecule has 7 nitrogen and oxygen atoms in total. The molecule has 0 bridgehead atoms. The van der Waals surface area contributed by atoms with Crippen molar-refractivity contribution in [1.29, 1.82) is 0 Å². The van der Waals surface area contributed by atoms with Gasteiger partial charge >= 0.3 is 6.03 Å². The molecule has 1 atom stereocenters. The summed E-state index contributed by atoms with van der Waals surface area (Å²) in [6.07, 6.45) is 6.29. The predicted octanol–water partition coefficient (Wildman–Crippen LogP) is 2.82. The van der Waals surface area contributed by atoms with Gasteiger partial charge in [-0.3, -0.25) is 5.32 Å². The van der Waals surface area contributed by atoms with Crippen molar-refractivity contribution in [1.82, 2.24) is 24.6 Å². The van der Waals surface area contributed by atoms with E-state index in [0.29, 0.717) is 18.3 Å². The first kappa shape index (κ1) is 17.1. The van der Waals surface area contributed by atoms with Crippen LogP contribution >= 0.6 is 0 Å². The molecule has 2 rings (SSSR count). The minimum atomic E-state index is -0.204. The zero-order valence-corrected chi connectivity index (χ0v) is 14.3. The fraction of sp³-hybridized carbons (Fsp3) is 0.562. The first-order valence-corrected chi connectivity index (χ1v) is 8.05. The standard InChI is InChI=1S/C16H26N6O/c1-12(2)13(3)22-15(6-8-19-22)20-16(23)18-7-5-10-21-11-9-17-14(21)4/h6,8-9,11-13H,5,7,10H2,1-4H3,(H2,18,20,23)/t13-/m1/s1. The van der Waals surface area contributed by atoms with Crippen LogP contribution in [0.15, 0.2) is 24.7 Å². The fourth-order valence-electron chi connectivity index (χ4n) is 2.27. The third kappa shape index (κ3) is 4.58. The number of urea groups is 1. The Bertz CT molecular complexity index is 630. The van der Waals surface area contributed by atoms with Gasteiger partial charge in [-0.2, -0.15) is 5.10 Å². The van der Waals surface area contributed by atoms with E-state index in [1.165, 1.54) is 0 Å². The van der Waals surface area contributed by atoms with E-state index in [9.17, 15) is 4.79 Å². The Balaban J connectivity index is 1.77. The molecule has 2 amide bonds. The third-order valence-corrected chi connectivity index (χ3v) is 4.05. The summed E-state index contributed by atoms with van der Waals surface area (Å²) in [5.41, 5.74) is 0. The fourth-order valence-corrected chi connectivity index (χ4v) is 2.27. The van der Waals surface area contributed by atoms with Gasteiger partial charge in [0.2, 0.25) is 0 Å². The zero-order valence-electron chi connectivity index (χ0n) is 14.3. The summed E-state index contributed by atoms with van der Waals surface area (Å²) < 4.78 is 3.91. The lowest BCUT2D eigenvalue weighted by atomic mass is 10.1. The number of nitrogens with one attached hydrogen (secondary N) is 2. The maximum Gasteiger partial charge on any atom is 0.320 e. The molecule has 0 aliphatic heterocycles. The maximum atomic E-state index is 12.0. The molecule has 0 unspecified atom stereocenters. The average molecular weight is 318 g/mol. The van der Waals surface area contributed by atoms with E-state index in [1.54, 1.807) is 12.4 Å². The van der Waals surface area contributed by atoms with E-state index in [4.69, 9.17) is 0 Å². The van der Waals surface area contributed by atoms with Crippen LogP contribution in [0.3, 0.4) is 0 Å². The molecule has 7 heteroatoms. The second-order valence-corrected chi connectivity index (χ2v) is 6.05. The topological polar surface area (TPSA) is 76.8 Å². The average Bonchev–Trinajstić information content (AvgIpc) is 3.12. The van der Waals surface area contributed by atoms with Crippen molar-refractivity contribution in [3.05, 3.63) is 30.5 Å². The number of carbonyl (C=O) groups is 1. The van der Waals surface area contributed by atoms with E-state index in [0.717, 1.165) is 18.8 Å². The number of hydrogen-bond acceptors (Lipinski definition) is 3. The van der Waals surface area contributed by atoms with Crippen LogP contribution in [-0.4, -0.2) is 31.9 Å². The molecule has 2 heterocycles. The summed E-state index contributed by atoms with van der Waals surface area (Å²) in [5.74, 6) is 2.15. The molecule has 0 aromatic carbocycles. The van der Waals surface area contributed by atoms with Gasteiger partial charge in [0.1, 0.15) is 11.6 Å². The van der Waals surface area contributed by atoms with E-state index in [-0.39, 0.29) is 12.1 Å². The first-order valence-electron chi connectivity index (χ1n) is 8.05. The molecule has 126 valence electrons. The lowest BCUT2D eigenvalue weighted by Gasteiger charge is -2.19. The second-order valence-electron chi connectivity index (χ2n) is 6.05. The van der Waals surface area contributed by atoms with Crippen LogP contribution in [-0.2, 0) is 6.54 Å². The molecule has 2 N–H and O–H groups in total. The van der Waals surface area contributed by atoms with Crippen LogP contribution in [0.1, 0.15) is 39.1 Å². The van der Waals surface area contributed by atoms with Gasteiger partial charge in [-0.25, -0.2) is 14.5 Å². The number of hydrogen-bond donors (Lipinski definition) is 2. The van der Waals surface area contributed by atoms with Crippen LogP contribution in [0.4, 0.5) is 10.6 Å². The lowest BCUT2D eigenvalue weighted by molar-refractivity contribution is 0.251. The lowest BCUT2D eigenvalue weighted by Crippen LogP contribution is -2.31. The minimum Gasteiger partial charge on any atom is -0.338 e. The highest BCUT2D eigenvalue weighted by molar-refractivity contribution is 5.88. The second kappa shape index (κ2) is 7.80. The van der Waals surface area contributed by atoms with Crippen LogP contribution in [0.2, 0.25) is 0 Å². The monoisotopic (exact) mass is 318 g/mol. The molecule has 23 heavy (non-hydrogen) atoms. The number of carbonyl (C=O) groups excluding carboxylic acids is 1. The summed E-state index contributed by atoms with van der Waals surface area (Å²) in [4.78, 5) is 16.2. The number of nitrogens with zero attached hydrogens (tertiary/aromatic N) is 4. The molecule has 0 saturated heterocycles. The zero-order chi connectivity index (χ0) is 16.8. The SMILES string of the molecule is Cc1nccn1CCCNC(=O)Nc1ccnn1[C@H](C)C(C)C. The van der Waals surface area contributed by atoms with Crippen molar-refractivity contribution >= 4 is 11.8 Å². The van der Waals surface area contributed by atoms with Gasteiger partial charge in [0.15, 0.2) is 0 Å². The Morgan fingerprint density at radius 1 is 1.30 bits per heavy atom. The minimum absolute atomic E-state index is 0.204. The normalized spacial score (nSPS) is 12.4. The third-order valence-electron chi connectivity index (χ3n) is 4.05. The number of imidazole rings is 1. The molecule has 0 radical (unpaired) electrons. The highest BCUT2D eigenvalue weighted by atomic mass is 16.2. The van der Waals surface area contributed by atoms with Crippen LogP contribution in [0.5, 0.6) is 0 Å². The molecule has 0 spiro atoms. The highest BCUT2D eigenvalue weighted by Gasteiger charge is 2.15. The van der Waals surface area contributed by atoms with E-state index in [2.05, 4.69) is 46.1 Å². The van der Waals surface area contributed by atoms with E-state index >= 15 is 0 Å². The van der Waals surface area contributed by atoms with Gasteiger partial charge in [-0.1, -0.05) is 13.8 Å². The van der Waals surface area contributed by atoms with Crippen LogP contribution < -0.4 is 10.6 Å². The van der Waals surface area contributed by atoms with Crippen molar-refractivity contribution < 1.29 is 4.79 Å². The quantitative estimate of drug-likeness (QED) is 0.771. The van der Waals surface area contributed by atoms with Crippen molar-refractivity contribution in [3.63, 3.8) is 0 Å². The number of anilines is 1. The Morgan fingerprint density at radius 2 is 2.09 bits per heavy atom. The molecule has 0 aliphatic rings. The van der Waals surface area contributed by atoms with Gasteiger partial charge in [0.05, 0.1) is 12.2 Å². The predicted molar refractivity (Wildman–Crippen MR) is 90.4 cm³/mol. The van der Waals surface area contributed by atoms with Crippen molar-refractivity contribution in [2.24, 2.45) is 5.92 Å². The Morgan fingerprint density at radius 3 is 2.74 bits per heavy atom. The molecule has 0 aliphatic carbocycles. The van der Waals surface area contributed by atoms with Gasteiger partial charge < -0.3 is 9.88 Å². The van der Waals surface area contributed by atoms with Gasteiger partial charge in [0.25, 0.3) is 0 Å². The number of aryl methyl sites for hydroxylation is 2. The Kier molecular flexibility index (Phi) is 5.78. The van der Waals surface area contributed by atoms with Crippen molar-refractivity contribution in [2.45, 2.75) is 46.7 Å². The Hall–Kier alpha value is -2.31. The van der Waals surface area contributed by atoms with Crippen molar-refractivity contribution in [3.8, 4) is 0 Å². The number of amides is 2. The number of aromatic nitrogens is 4. The molecule has 0 saturated carbocycles. The highest BCUT2D eigenvalue weighted by Crippen LogP contribution is 2.20. The molecular weight excluding hydrogens is 292 g/mol. The summed E-state index contributed by atoms with van der Waals surface area (Å²) in [5, 5.41) is 10.0. The maximum absolute atomic E-state index is 12.0. The van der Waals surface area contributed by atoms with E-state index in [1.807, 2.05) is 23.9 Å². The summed E-state index contributed by atoms with van der Waals surface area (Å²) in [6, 6.07) is 1.84. The van der Waals surface area contributed by atoms with Gasteiger partial charge in [-0.15, -0.1) is 0 Å². The Labute approximate surface area is 137 Å². The first-order chi connectivity index (χ1) is 11.0.